The van der Waals surface area contributed by atoms with E-state index in [9.17, 15) is 0 Å². The first-order valence-electron chi connectivity index (χ1n) is 7.33. The predicted molar refractivity (Wildman–Crippen MR) is 69.2 cm³/mol. The Labute approximate surface area is 96.8 Å². The quantitative estimate of drug-likeness (QED) is 0.405. The molecular weight excluding hydrogens is 180 g/mol. The van der Waals surface area contributed by atoms with Crippen molar-refractivity contribution in [3.63, 3.8) is 0 Å². The molecule has 0 bridgehead atoms. The minimum Gasteiger partial charge on any atom is -0.0654 e. The molecule has 1 aliphatic carbocycles. The van der Waals surface area contributed by atoms with Gasteiger partial charge in [-0.2, -0.15) is 0 Å². The fourth-order valence-electron chi connectivity index (χ4n) is 2.63. The van der Waals surface area contributed by atoms with Gasteiger partial charge in [0.2, 0.25) is 0 Å². The lowest BCUT2D eigenvalue weighted by molar-refractivity contribution is 0.390. The third-order valence-electron chi connectivity index (χ3n) is 4.08. The minimum atomic E-state index is 0.848. The summed E-state index contributed by atoms with van der Waals surface area (Å²) in [6.45, 7) is 4.62. The average Bonchev–Trinajstić information content (AvgIpc) is 3.01. The van der Waals surface area contributed by atoms with E-state index in [-0.39, 0.29) is 0 Å². The number of rotatable bonds is 10. The molecule has 0 heteroatoms. The average molecular weight is 210 g/mol. The van der Waals surface area contributed by atoms with Gasteiger partial charge in [0.05, 0.1) is 0 Å². The Bertz CT molecular complexity index is 144. The summed E-state index contributed by atoms with van der Waals surface area (Å²) in [4.78, 5) is 0. The van der Waals surface area contributed by atoms with Gasteiger partial charge in [0.15, 0.2) is 0 Å². The summed E-state index contributed by atoms with van der Waals surface area (Å²) in [5.74, 6) is 0. The molecule has 1 aliphatic rings. The first-order valence-corrected chi connectivity index (χ1v) is 7.33. The molecule has 15 heavy (non-hydrogen) atoms. The molecule has 90 valence electrons. The van der Waals surface area contributed by atoms with Gasteiger partial charge in [-0.15, -0.1) is 0 Å². The Balaban J connectivity index is 1.90. The van der Waals surface area contributed by atoms with Crippen molar-refractivity contribution in [2.45, 2.75) is 90.9 Å². The highest BCUT2D eigenvalue weighted by Gasteiger charge is 2.40. The molecule has 1 fully saturated rings. The van der Waals surface area contributed by atoms with Gasteiger partial charge in [-0.05, 0) is 31.1 Å². The van der Waals surface area contributed by atoms with Gasteiger partial charge in [-0.25, -0.2) is 0 Å². The molecule has 0 atom stereocenters. The minimum absolute atomic E-state index is 0.848. The Kier molecular flexibility index (Phi) is 6.36. The Morgan fingerprint density at radius 2 is 1.20 bits per heavy atom. The third-order valence-corrected chi connectivity index (χ3v) is 4.08. The highest BCUT2D eigenvalue weighted by molar-refractivity contribution is 4.92. The predicted octanol–water partition coefficient (Wildman–Crippen LogP) is 5.71. The molecule has 0 amide bonds. The monoisotopic (exact) mass is 210 g/mol. The normalized spacial score (nSPS) is 18.0. The maximum atomic E-state index is 2.32. The second-order valence-corrected chi connectivity index (χ2v) is 5.62. The van der Waals surface area contributed by atoms with Crippen molar-refractivity contribution in [3.05, 3.63) is 0 Å². The lowest BCUT2D eigenvalue weighted by Crippen LogP contribution is -1.99. The summed E-state index contributed by atoms with van der Waals surface area (Å²) >= 11 is 0. The van der Waals surface area contributed by atoms with Crippen molar-refractivity contribution in [2.75, 3.05) is 0 Å². The lowest BCUT2D eigenvalue weighted by atomic mass is 9.92. The smallest absolute Gasteiger partial charge is 0.0297 e. The van der Waals surface area contributed by atoms with E-state index in [1.54, 1.807) is 19.3 Å². The Morgan fingerprint density at radius 1 is 0.667 bits per heavy atom. The summed E-state index contributed by atoms with van der Waals surface area (Å²) < 4.78 is 0. The highest BCUT2D eigenvalue weighted by atomic mass is 14.5. The molecule has 0 aromatic rings. The van der Waals surface area contributed by atoms with Crippen LogP contribution in [-0.4, -0.2) is 0 Å². The molecule has 0 unspecified atom stereocenters. The Morgan fingerprint density at radius 3 is 1.80 bits per heavy atom. The molecule has 0 spiro atoms. The summed E-state index contributed by atoms with van der Waals surface area (Å²) in [5.41, 5.74) is 0.848. The third kappa shape index (κ3) is 5.58. The molecule has 0 nitrogen and oxygen atoms in total. The fourth-order valence-corrected chi connectivity index (χ4v) is 2.63. The van der Waals surface area contributed by atoms with Crippen LogP contribution in [0.2, 0.25) is 0 Å². The van der Waals surface area contributed by atoms with Crippen LogP contribution >= 0.6 is 0 Å². The molecule has 0 N–H and O–H groups in total. The van der Waals surface area contributed by atoms with E-state index in [1.165, 1.54) is 57.8 Å². The molecule has 0 heterocycles. The van der Waals surface area contributed by atoms with E-state index in [0.29, 0.717) is 0 Å². The van der Waals surface area contributed by atoms with Crippen molar-refractivity contribution in [3.8, 4) is 0 Å². The van der Waals surface area contributed by atoms with Crippen molar-refractivity contribution < 1.29 is 0 Å². The van der Waals surface area contributed by atoms with Crippen LogP contribution in [0.1, 0.15) is 90.9 Å². The summed E-state index contributed by atoms with van der Waals surface area (Å²) in [7, 11) is 0. The molecule has 0 aromatic carbocycles. The van der Waals surface area contributed by atoms with E-state index in [0.717, 1.165) is 5.41 Å². The van der Waals surface area contributed by atoms with Crippen molar-refractivity contribution >= 4 is 0 Å². The van der Waals surface area contributed by atoms with Crippen LogP contribution in [0.25, 0.3) is 0 Å². The summed E-state index contributed by atoms with van der Waals surface area (Å²) in [6, 6.07) is 0. The number of unbranched alkanes of at least 4 members (excludes halogenated alkanes) is 6. The number of hydrogen-bond donors (Lipinski definition) is 0. The van der Waals surface area contributed by atoms with Crippen LogP contribution in [0, 0.1) is 5.41 Å². The first kappa shape index (κ1) is 13.1. The van der Waals surface area contributed by atoms with E-state index in [2.05, 4.69) is 13.8 Å². The maximum Gasteiger partial charge on any atom is -0.0297 e. The van der Waals surface area contributed by atoms with Crippen LogP contribution in [-0.2, 0) is 0 Å². The van der Waals surface area contributed by atoms with E-state index in [4.69, 9.17) is 0 Å². The van der Waals surface area contributed by atoms with Gasteiger partial charge in [0.1, 0.15) is 0 Å². The van der Waals surface area contributed by atoms with Crippen LogP contribution in [0.15, 0.2) is 0 Å². The standard InChI is InChI=1S/C15H30/c1-3-5-7-8-9-10-12-15(13-14-15)11-6-4-2/h3-14H2,1-2H3. The van der Waals surface area contributed by atoms with Crippen molar-refractivity contribution in [1.29, 1.82) is 0 Å². The van der Waals surface area contributed by atoms with Crippen molar-refractivity contribution in [1.82, 2.24) is 0 Å². The van der Waals surface area contributed by atoms with Crippen LogP contribution in [0.3, 0.4) is 0 Å². The van der Waals surface area contributed by atoms with Crippen LogP contribution in [0.5, 0.6) is 0 Å². The van der Waals surface area contributed by atoms with Gasteiger partial charge >= 0.3 is 0 Å². The Hall–Kier alpha value is 0. The first-order chi connectivity index (χ1) is 7.33. The van der Waals surface area contributed by atoms with Gasteiger partial charge in [-0.3, -0.25) is 0 Å². The molecule has 1 rings (SSSR count). The second-order valence-electron chi connectivity index (χ2n) is 5.62. The van der Waals surface area contributed by atoms with Crippen molar-refractivity contribution in [2.24, 2.45) is 5.41 Å². The molecular formula is C15H30. The topological polar surface area (TPSA) is 0 Å². The highest BCUT2D eigenvalue weighted by Crippen LogP contribution is 2.53. The van der Waals surface area contributed by atoms with E-state index < -0.39 is 0 Å². The van der Waals surface area contributed by atoms with Gasteiger partial charge in [0.25, 0.3) is 0 Å². The van der Waals surface area contributed by atoms with E-state index in [1.807, 2.05) is 0 Å². The second kappa shape index (κ2) is 7.30. The van der Waals surface area contributed by atoms with Gasteiger partial charge in [-0.1, -0.05) is 65.2 Å². The lowest BCUT2D eigenvalue weighted by Gasteiger charge is -2.13. The van der Waals surface area contributed by atoms with Crippen LogP contribution in [0.4, 0.5) is 0 Å². The molecule has 0 aliphatic heterocycles. The maximum absolute atomic E-state index is 2.32. The zero-order valence-corrected chi connectivity index (χ0v) is 11.0. The largest absolute Gasteiger partial charge is 0.0654 e. The van der Waals surface area contributed by atoms with E-state index >= 15 is 0 Å². The molecule has 0 radical (unpaired) electrons. The summed E-state index contributed by atoms with van der Waals surface area (Å²) in [6.07, 6.45) is 17.8. The van der Waals surface area contributed by atoms with Crippen LogP contribution < -0.4 is 0 Å². The number of hydrogen-bond acceptors (Lipinski definition) is 0. The zero-order valence-electron chi connectivity index (χ0n) is 11.0. The SMILES string of the molecule is CCCCCCCCC1(CCCC)CC1. The van der Waals surface area contributed by atoms with Gasteiger partial charge in [0, 0.05) is 0 Å². The molecule has 0 saturated heterocycles. The molecule has 0 aromatic heterocycles. The summed E-state index contributed by atoms with van der Waals surface area (Å²) in [5, 5.41) is 0. The molecule has 1 saturated carbocycles. The van der Waals surface area contributed by atoms with Gasteiger partial charge < -0.3 is 0 Å². The zero-order chi connectivity index (χ0) is 11.0. The fraction of sp³-hybridized carbons (Fsp3) is 1.00.